The molecule has 0 aliphatic carbocycles. The van der Waals surface area contributed by atoms with Crippen molar-refractivity contribution in [2.75, 3.05) is 7.11 Å². The Labute approximate surface area is 101 Å². The van der Waals surface area contributed by atoms with Crippen molar-refractivity contribution < 1.29 is 9.84 Å². The molecule has 0 saturated heterocycles. The molecule has 0 heterocycles. The number of benzene rings is 2. The van der Waals surface area contributed by atoms with Gasteiger partial charge in [-0.3, -0.25) is 0 Å². The quantitative estimate of drug-likeness (QED) is 0.872. The van der Waals surface area contributed by atoms with Crippen molar-refractivity contribution in [1.29, 1.82) is 0 Å². The van der Waals surface area contributed by atoms with Gasteiger partial charge >= 0.3 is 0 Å². The smallest absolute Gasteiger partial charge is 0.119 e. The molecule has 88 valence electrons. The van der Waals surface area contributed by atoms with Crippen molar-refractivity contribution in [1.82, 2.24) is 0 Å². The van der Waals surface area contributed by atoms with E-state index >= 15 is 0 Å². The van der Waals surface area contributed by atoms with Crippen LogP contribution in [0.1, 0.15) is 16.7 Å². The van der Waals surface area contributed by atoms with Gasteiger partial charge in [0.1, 0.15) is 5.75 Å². The molecule has 0 aromatic heterocycles. The van der Waals surface area contributed by atoms with Crippen LogP contribution in [-0.2, 0) is 13.0 Å². The van der Waals surface area contributed by atoms with E-state index < -0.39 is 0 Å². The van der Waals surface area contributed by atoms with E-state index in [4.69, 9.17) is 4.74 Å². The molecule has 0 amide bonds. The lowest BCUT2D eigenvalue weighted by Gasteiger charge is -2.08. The van der Waals surface area contributed by atoms with Gasteiger partial charge in [-0.25, -0.2) is 0 Å². The third-order valence-electron chi connectivity index (χ3n) is 2.82. The molecule has 0 saturated carbocycles. The van der Waals surface area contributed by atoms with E-state index in [0.717, 1.165) is 23.3 Å². The van der Waals surface area contributed by atoms with Gasteiger partial charge in [-0.15, -0.1) is 0 Å². The summed E-state index contributed by atoms with van der Waals surface area (Å²) in [5.41, 5.74) is 3.32. The molecule has 0 bridgehead atoms. The SMILES string of the molecule is COc1cccc(Cc2ccccc2CO)c1. The van der Waals surface area contributed by atoms with Crippen LogP contribution >= 0.6 is 0 Å². The Kier molecular flexibility index (Phi) is 3.78. The highest BCUT2D eigenvalue weighted by Crippen LogP contribution is 2.18. The normalized spacial score (nSPS) is 10.2. The van der Waals surface area contributed by atoms with E-state index in [1.807, 2.05) is 42.5 Å². The van der Waals surface area contributed by atoms with E-state index in [1.165, 1.54) is 5.56 Å². The maximum atomic E-state index is 9.27. The largest absolute Gasteiger partial charge is 0.497 e. The van der Waals surface area contributed by atoms with Gasteiger partial charge in [0.15, 0.2) is 0 Å². The summed E-state index contributed by atoms with van der Waals surface area (Å²) in [5, 5.41) is 9.27. The fourth-order valence-electron chi connectivity index (χ4n) is 1.89. The molecule has 2 heteroatoms. The Morgan fingerprint density at radius 2 is 1.76 bits per heavy atom. The molecule has 0 aliphatic rings. The number of methoxy groups -OCH3 is 1. The summed E-state index contributed by atoms with van der Waals surface area (Å²) in [7, 11) is 1.67. The van der Waals surface area contributed by atoms with E-state index in [1.54, 1.807) is 7.11 Å². The molecule has 0 spiro atoms. The maximum absolute atomic E-state index is 9.27. The Balaban J connectivity index is 2.24. The number of rotatable bonds is 4. The average Bonchev–Trinajstić information content (AvgIpc) is 2.39. The molecular weight excluding hydrogens is 212 g/mol. The van der Waals surface area contributed by atoms with Gasteiger partial charge in [0, 0.05) is 0 Å². The predicted molar refractivity (Wildman–Crippen MR) is 68.2 cm³/mol. The Morgan fingerprint density at radius 3 is 2.47 bits per heavy atom. The van der Waals surface area contributed by atoms with Gasteiger partial charge in [-0.2, -0.15) is 0 Å². The van der Waals surface area contributed by atoms with Crippen LogP contribution in [0.15, 0.2) is 48.5 Å². The summed E-state index contributed by atoms with van der Waals surface area (Å²) in [6.45, 7) is 0.0835. The van der Waals surface area contributed by atoms with Gasteiger partial charge in [0.2, 0.25) is 0 Å². The highest BCUT2D eigenvalue weighted by Gasteiger charge is 2.02. The molecule has 2 nitrogen and oxygen atoms in total. The van der Waals surface area contributed by atoms with Crippen LogP contribution in [0.3, 0.4) is 0 Å². The minimum absolute atomic E-state index is 0.0835. The zero-order chi connectivity index (χ0) is 12.1. The minimum atomic E-state index is 0.0835. The monoisotopic (exact) mass is 228 g/mol. The van der Waals surface area contributed by atoms with Crippen LogP contribution in [0.2, 0.25) is 0 Å². The first-order valence-electron chi connectivity index (χ1n) is 5.64. The van der Waals surface area contributed by atoms with Crippen molar-refractivity contribution in [3.63, 3.8) is 0 Å². The van der Waals surface area contributed by atoms with Crippen molar-refractivity contribution in [3.8, 4) is 5.75 Å². The first-order valence-corrected chi connectivity index (χ1v) is 5.64. The first-order chi connectivity index (χ1) is 8.33. The fraction of sp³-hybridized carbons (Fsp3) is 0.200. The third-order valence-corrected chi connectivity index (χ3v) is 2.82. The number of hydrogen-bond donors (Lipinski definition) is 1. The lowest BCUT2D eigenvalue weighted by Crippen LogP contribution is -1.95. The summed E-state index contributed by atoms with van der Waals surface area (Å²) in [5.74, 6) is 0.865. The highest BCUT2D eigenvalue weighted by atomic mass is 16.5. The molecule has 0 atom stereocenters. The summed E-state index contributed by atoms with van der Waals surface area (Å²) < 4.78 is 5.20. The molecule has 0 unspecified atom stereocenters. The molecule has 0 fully saturated rings. The van der Waals surface area contributed by atoms with Gasteiger partial charge in [0.25, 0.3) is 0 Å². The molecule has 0 aliphatic heterocycles. The Hall–Kier alpha value is -1.80. The van der Waals surface area contributed by atoms with Crippen molar-refractivity contribution in [2.24, 2.45) is 0 Å². The zero-order valence-corrected chi connectivity index (χ0v) is 9.89. The maximum Gasteiger partial charge on any atom is 0.119 e. The van der Waals surface area contributed by atoms with Crippen LogP contribution in [0, 0.1) is 0 Å². The minimum Gasteiger partial charge on any atom is -0.497 e. The Morgan fingerprint density at radius 1 is 1.00 bits per heavy atom. The fourth-order valence-corrected chi connectivity index (χ4v) is 1.89. The second kappa shape index (κ2) is 5.51. The van der Waals surface area contributed by atoms with Crippen LogP contribution in [0.25, 0.3) is 0 Å². The van der Waals surface area contributed by atoms with E-state index in [9.17, 15) is 5.11 Å². The lowest BCUT2D eigenvalue weighted by molar-refractivity contribution is 0.281. The molecular formula is C15H16O2. The van der Waals surface area contributed by atoms with Gasteiger partial charge in [0.05, 0.1) is 13.7 Å². The number of aliphatic hydroxyl groups excluding tert-OH is 1. The molecule has 2 aromatic rings. The second-order valence-corrected chi connectivity index (χ2v) is 3.96. The second-order valence-electron chi connectivity index (χ2n) is 3.96. The van der Waals surface area contributed by atoms with E-state index in [2.05, 4.69) is 6.07 Å². The lowest BCUT2D eigenvalue weighted by atomic mass is 10.00. The standard InChI is InChI=1S/C15H16O2/c1-17-15-8-4-5-12(10-15)9-13-6-2-3-7-14(13)11-16/h2-8,10,16H,9,11H2,1H3. The zero-order valence-electron chi connectivity index (χ0n) is 9.89. The molecule has 2 aromatic carbocycles. The van der Waals surface area contributed by atoms with Crippen LogP contribution in [0.4, 0.5) is 0 Å². The van der Waals surface area contributed by atoms with Crippen LogP contribution in [0.5, 0.6) is 5.75 Å². The number of hydrogen-bond acceptors (Lipinski definition) is 2. The first kappa shape index (κ1) is 11.7. The summed E-state index contributed by atoms with van der Waals surface area (Å²) >= 11 is 0. The molecule has 0 radical (unpaired) electrons. The summed E-state index contributed by atoms with van der Waals surface area (Å²) in [6.07, 6.45) is 0.813. The summed E-state index contributed by atoms with van der Waals surface area (Å²) in [6, 6.07) is 15.9. The molecule has 17 heavy (non-hydrogen) atoms. The van der Waals surface area contributed by atoms with Crippen LogP contribution in [-0.4, -0.2) is 12.2 Å². The predicted octanol–water partition coefficient (Wildman–Crippen LogP) is 2.78. The molecule has 2 rings (SSSR count). The van der Waals surface area contributed by atoms with Crippen molar-refractivity contribution in [3.05, 3.63) is 65.2 Å². The summed E-state index contributed by atoms with van der Waals surface area (Å²) in [4.78, 5) is 0. The van der Waals surface area contributed by atoms with E-state index in [0.29, 0.717) is 0 Å². The number of ether oxygens (including phenoxy) is 1. The Bertz CT molecular complexity index is 492. The highest BCUT2D eigenvalue weighted by molar-refractivity contribution is 5.35. The van der Waals surface area contributed by atoms with E-state index in [-0.39, 0.29) is 6.61 Å². The van der Waals surface area contributed by atoms with Crippen molar-refractivity contribution >= 4 is 0 Å². The van der Waals surface area contributed by atoms with Gasteiger partial charge < -0.3 is 9.84 Å². The van der Waals surface area contributed by atoms with Crippen LogP contribution < -0.4 is 4.74 Å². The third kappa shape index (κ3) is 2.86. The van der Waals surface area contributed by atoms with Crippen molar-refractivity contribution in [2.45, 2.75) is 13.0 Å². The average molecular weight is 228 g/mol. The topological polar surface area (TPSA) is 29.5 Å². The van der Waals surface area contributed by atoms with Gasteiger partial charge in [-0.1, -0.05) is 36.4 Å². The number of aliphatic hydroxyl groups is 1. The molecule has 1 N–H and O–H groups in total. The van der Waals surface area contributed by atoms with Gasteiger partial charge in [-0.05, 0) is 35.2 Å².